The molecule has 0 saturated carbocycles. The normalized spacial score (nSPS) is 12.0. The van der Waals surface area contributed by atoms with Crippen LogP contribution in [0.4, 0.5) is 0 Å². The molecule has 0 radical (unpaired) electrons. The Morgan fingerprint density at radius 2 is 2.05 bits per heavy atom. The van der Waals surface area contributed by atoms with E-state index in [9.17, 15) is 8.42 Å². The fraction of sp³-hybridized carbons (Fsp3) is 0.214. The van der Waals surface area contributed by atoms with Crippen molar-refractivity contribution >= 4 is 20.9 Å². The largest absolute Gasteiger partial charge is 0.347 e. The molecular formula is C14H16N4O2S. The zero-order valence-corrected chi connectivity index (χ0v) is 12.2. The molecule has 3 aromatic rings. The summed E-state index contributed by atoms with van der Waals surface area (Å²) in [5.74, 6) is 0. The molecule has 7 heteroatoms. The van der Waals surface area contributed by atoms with Crippen molar-refractivity contribution in [2.24, 2.45) is 0 Å². The number of sulfonamides is 1. The van der Waals surface area contributed by atoms with Gasteiger partial charge in [-0.25, -0.2) is 13.1 Å². The van der Waals surface area contributed by atoms with Gasteiger partial charge in [-0.15, -0.1) is 0 Å². The lowest BCUT2D eigenvalue weighted by Gasteiger charge is -2.07. The van der Waals surface area contributed by atoms with Crippen molar-refractivity contribution < 1.29 is 8.42 Å². The minimum absolute atomic E-state index is 0.0916. The van der Waals surface area contributed by atoms with Gasteiger partial charge in [-0.3, -0.25) is 5.10 Å². The van der Waals surface area contributed by atoms with Crippen molar-refractivity contribution in [1.29, 1.82) is 0 Å². The average molecular weight is 304 g/mol. The predicted molar refractivity (Wildman–Crippen MR) is 80.3 cm³/mol. The highest BCUT2D eigenvalue weighted by atomic mass is 32.2. The Morgan fingerprint density at radius 3 is 2.86 bits per heavy atom. The predicted octanol–water partition coefficient (Wildman–Crippen LogP) is 1.73. The summed E-state index contributed by atoms with van der Waals surface area (Å²) in [5.41, 5.74) is 1.16. The molecule has 2 aromatic heterocycles. The summed E-state index contributed by atoms with van der Waals surface area (Å²) in [4.78, 5) is 0. The molecule has 1 aromatic carbocycles. The Labute approximate surface area is 122 Å². The first kappa shape index (κ1) is 13.8. The van der Waals surface area contributed by atoms with Crippen LogP contribution in [-0.4, -0.2) is 29.7 Å². The molecule has 6 nitrogen and oxygen atoms in total. The van der Waals surface area contributed by atoms with Gasteiger partial charge in [-0.05, 0) is 30.0 Å². The second kappa shape index (κ2) is 5.71. The zero-order valence-electron chi connectivity index (χ0n) is 11.4. The van der Waals surface area contributed by atoms with E-state index in [0.717, 1.165) is 12.1 Å². The second-order valence-electron chi connectivity index (χ2n) is 4.74. The number of rotatable bonds is 6. The summed E-state index contributed by atoms with van der Waals surface area (Å²) >= 11 is 0. The van der Waals surface area contributed by atoms with E-state index < -0.39 is 10.0 Å². The minimum atomic E-state index is -3.48. The van der Waals surface area contributed by atoms with Gasteiger partial charge < -0.3 is 4.57 Å². The maximum Gasteiger partial charge on any atom is 0.257 e. The molecule has 21 heavy (non-hydrogen) atoms. The van der Waals surface area contributed by atoms with Crippen molar-refractivity contribution in [1.82, 2.24) is 19.5 Å². The van der Waals surface area contributed by atoms with Crippen molar-refractivity contribution in [2.75, 3.05) is 6.54 Å². The van der Waals surface area contributed by atoms with Gasteiger partial charge in [-0.2, -0.15) is 5.10 Å². The van der Waals surface area contributed by atoms with Crippen LogP contribution in [0.2, 0.25) is 0 Å². The van der Waals surface area contributed by atoms with Gasteiger partial charge in [0.1, 0.15) is 0 Å². The molecule has 0 atom stereocenters. The minimum Gasteiger partial charge on any atom is -0.347 e. The number of fused-ring (bicyclic) bond motifs is 1. The first-order chi connectivity index (χ1) is 10.2. The first-order valence-corrected chi connectivity index (χ1v) is 8.18. The molecule has 3 rings (SSSR count). The number of H-pyrrole nitrogens is 1. The zero-order chi connectivity index (χ0) is 14.7. The Hall–Kier alpha value is -2.12. The number of benzene rings is 1. The van der Waals surface area contributed by atoms with E-state index in [0.29, 0.717) is 13.0 Å². The van der Waals surface area contributed by atoms with E-state index in [1.165, 1.54) is 17.6 Å². The van der Waals surface area contributed by atoms with Crippen LogP contribution in [0.15, 0.2) is 53.8 Å². The Kier molecular flexibility index (Phi) is 3.76. The summed E-state index contributed by atoms with van der Waals surface area (Å²) < 4.78 is 28.4. The molecule has 0 spiro atoms. The fourth-order valence-electron chi connectivity index (χ4n) is 2.26. The smallest absolute Gasteiger partial charge is 0.257 e. The molecule has 0 saturated heterocycles. The number of para-hydroxylation sites is 1. The van der Waals surface area contributed by atoms with Crippen LogP contribution in [0.1, 0.15) is 6.42 Å². The summed E-state index contributed by atoms with van der Waals surface area (Å²) in [5, 5.41) is 7.38. The summed E-state index contributed by atoms with van der Waals surface area (Å²) in [6, 6.07) is 11.6. The number of nitrogens with zero attached hydrogens (tertiary/aromatic N) is 2. The maximum absolute atomic E-state index is 11.9. The summed E-state index contributed by atoms with van der Waals surface area (Å²) in [6.07, 6.45) is 4.15. The summed E-state index contributed by atoms with van der Waals surface area (Å²) in [6.45, 7) is 1.15. The van der Waals surface area contributed by atoms with E-state index in [4.69, 9.17) is 0 Å². The first-order valence-electron chi connectivity index (χ1n) is 6.70. The maximum atomic E-state index is 11.9. The van der Waals surface area contributed by atoms with Gasteiger partial charge in [0.15, 0.2) is 5.03 Å². The molecule has 0 bridgehead atoms. The molecular weight excluding hydrogens is 288 g/mol. The molecule has 0 aliphatic heterocycles. The van der Waals surface area contributed by atoms with E-state index in [-0.39, 0.29) is 5.03 Å². The third-order valence-electron chi connectivity index (χ3n) is 3.31. The van der Waals surface area contributed by atoms with Crippen molar-refractivity contribution in [3.63, 3.8) is 0 Å². The number of aryl methyl sites for hydroxylation is 1. The Balaban J connectivity index is 1.57. The number of aromatic amines is 1. The average Bonchev–Trinajstić information content (AvgIpc) is 3.14. The number of aromatic nitrogens is 3. The van der Waals surface area contributed by atoms with Crippen molar-refractivity contribution in [3.05, 3.63) is 48.8 Å². The molecule has 2 N–H and O–H groups in total. The third-order valence-corrected chi connectivity index (χ3v) is 4.70. The van der Waals surface area contributed by atoms with Gasteiger partial charge in [0.05, 0.1) is 6.20 Å². The standard InChI is InChI=1S/C14H16N4O2S/c19-21(20,14-6-9-15-17-14)16-8-3-10-18-11-7-12-4-1-2-5-13(12)18/h1-2,4-7,9,11,16H,3,8,10H2,(H,15,17). The lowest BCUT2D eigenvalue weighted by Crippen LogP contribution is -2.25. The van der Waals surface area contributed by atoms with Crippen LogP contribution in [0.3, 0.4) is 0 Å². The number of hydrogen-bond acceptors (Lipinski definition) is 3. The lowest BCUT2D eigenvalue weighted by atomic mass is 10.2. The Morgan fingerprint density at radius 1 is 1.19 bits per heavy atom. The van der Waals surface area contributed by atoms with Crippen LogP contribution < -0.4 is 4.72 Å². The molecule has 0 aliphatic rings. The van der Waals surface area contributed by atoms with Gasteiger partial charge in [0.2, 0.25) is 0 Å². The van der Waals surface area contributed by atoms with E-state index in [2.05, 4.69) is 37.7 Å². The van der Waals surface area contributed by atoms with Crippen LogP contribution >= 0.6 is 0 Å². The van der Waals surface area contributed by atoms with Gasteiger partial charge in [-0.1, -0.05) is 18.2 Å². The molecule has 2 heterocycles. The SMILES string of the molecule is O=S(=O)(NCCCn1ccc2ccccc21)c1ccn[nH]1. The number of hydrogen-bond donors (Lipinski definition) is 2. The molecule has 0 aliphatic carbocycles. The van der Waals surface area contributed by atoms with Crippen LogP contribution in [-0.2, 0) is 16.6 Å². The third kappa shape index (κ3) is 2.98. The highest BCUT2D eigenvalue weighted by Crippen LogP contribution is 2.15. The van der Waals surface area contributed by atoms with Gasteiger partial charge >= 0.3 is 0 Å². The number of nitrogens with one attached hydrogen (secondary N) is 2. The van der Waals surface area contributed by atoms with E-state index >= 15 is 0 Å². The second-order valence-corrected chi connectivity index (χ2v) is 6.48. The highest BCUT2D eigenvalue weighted by Gasteiger charge is 2.14. The van der Waals surface area contributed by atoms with Crippen LogP contribution in [0.5, 0.6) is 0 Å². The van der Waals surface area contributed by atoms with Crippen LogP contribution in [0, 0.1) is 0 Å². The quantitative estimate of drug-likeness (QED) is 0.681. The molecule has 0 fully saturated rings. The van der Waals surface area contributed by atoms with E-state index in [1.807, 2.05) is 18.3 Å². The monoisotopic (exact) mass is 304 g/mol. The van der Waals surface area contributed by atoms with Crippen molar-refractivity contribution in [2.45, 2.75) is 18.0 Å². The fourth-order valence-corrected chi connectivity index (χ4v) is 3.24. The molecule has 110 valence electrons. The lowest BCUT2D eigenvalue weighted by molar-refractivity contribution is 0.568. The molecule has 0 unspecified atom stereocenters. The van der Waals surface area contributed by atoms with Crippen molar-refractivity contribution in [3.8, 4) is 0 Å². The van der Waals surface area contributed by atoms with Gasteiger partial charge in [0.25, 0.3) is 10.0 Å². The molecule has 0 amide bonds. The highest BCUT2D eigenvalue weighted by molar-refractivity contribution is 7.89. The van der Waals surface area contributed by atoms with Crippen LogP contribution in [0.25, 0.3) is 10.9 Å². The summed E-state index contributed by atoms with van der Waals surface area (Å²) in [7, 11) is -3.48. The van der Waals surface area contributed by atoms with E-state index in [1.54, 1.807) is 0 Å². The van der Waals surface area contributed by atoms with Gasteiger partial charge in [0, 0.05) is 24.8 Å². The Bertz CT molecular complexity index is 822. The topological polar surface area (TPSA) is 79.8 Å².